The predicted octanol–water partition coefficient (Wildman–Crippen LogP) is 4.52. The van der Waals surface area contributed by atoms with E-state index in [0.717, 1.165) is 18.2 Å². The Bertz CT molecular complexity index is 1370. The standard InChI is InChI=1S/C20H12N6O9/c27-19(17-9-8-16(25(31)32)11-18(17)26(33)34)22-21-13-4-6-14(7-5-13)23-35-20(28)12-2-1-3-15(10-12)24(29)30/h1-11,23H. The third-order valence-corrected chi connectivity index (χ3v) is 4.30. The number of carbonyl (C=O) groups excluding carboxylic acids is 2. The van der Waals surface area contributed by atoms with Crippen LogP contribution in [0.4, 0.5) is 28.4 Å². The van der Waals surface area contributed by atoms with Crippen LogP contribution in [0.2, 0.25) is 0 Å². The zero-order chi connectivity index (χ0) is 25.5. The average Bonchev–Trinajstić information content (AvgIpc) is 2.86. The smallest absolute Gasteiger partial charge is 0.338 e. The summed E-state index contributed by atoms with van der Waals surface area (Å²) >= 11 is 0. The third kappa shape index (κ3) is 6.01. The summed E-state index contributed by atoms with van der Waals surface area (Å²) < 4.78 is 0. The van der Waals surface area contributed by atoms with Gasteiger partial charge in [0.25, 0.3) is 17.1 Å². The van der Waals surface area contributed by atoms with Gasteiger partial charge in [-0.25, -0.2) is 10.3 Å². The number of nitrogens with zero attached hydrogens (tertiary/aromatic N) is 5. The minimum absolute atomic E-state index is 0.0454. The zero-order valence-electron chi connectivity index (χ0n) is 17.3. The highest BCUT2D eigenvalue weighted by atomic mass is 16.7. The van der Waals surface area contributed by atoms with Gasteiger partial charge in [0, 0.05) is 18.2 Å². The molecule has 3 aromatic rings. The van der Waals surface area contributed by atoms with Crippen LogP contribution in [0.1, 0.15) is 20.7 Å². The van der Waals surface area contributed by atoms with Crippen molar-refractivity contribution in [1.82, 2.24) is 0 Å². The first-order valence-corrected chi connectivity index (χ1v) is 9.36. The minimum atomic E-state index is -1.08. The number of carbonyl (C=O) groups is 2. The van der Waals surface area contributed by atoms with Crippen LogP contribution in [0.15, 0.2) is 77.0 Å². The van der Waals surface area contributed by atoms with E-state index in [1.54, 1.807) is 0 Å². The first-order chi connectivity index (χ1) is 16.7. The molecule has 1 N–H and O–H groups in total. The van der Waals surface area contributed by atoms with Crippen LogP contribution in [0.5, 0.6) is 0 Å². The van der Waals surface area contributed by atoms with E-state index >= 15 is 0 Å². The highest BCUT2D eigenvalue weighted by Crippen LogP contribution is 2.26. The van der Waals surface area contributed by atoms with Crippen molar-refractivity contribution in [1.29, 1.82) is 0 Å². The number of nitrogens with one attached hydrogen (secondary N) is 1. The van der Waals surface area contributed by atoms with E-state index < -0.39 is 43.6 Å². The van der Waals surface area contributed by atoms with Gasteiger partial charge in [-0.1, -0.05) is 6.07 Å². The van der Waals surface area contributed by atoms with E-state index in [1.807, 2.05) is 0 Å². The topological polar surface area (TPSA) is 210 Å². The number of anilines is 1. The Labute approximate surface area is 194 Å². The van der Waals surface area contributed by atoms with Gasteiger partial charge >= 0.3 is 11.9 Å². The van der Waals surface area contributed by atoms with Crippen LogP contribution >= 0.6 is 0 Å². The maximum Gasteiger partial charge on any atom is 0.363 e. The van der Waals surface area contributed by atoms with Crippen molar-refractivity contribution < 1.29 is 29.2 Å². The molecule has 0 aliphatic heterocycles. The summed E-state index contributed by atoms with van der Waals surface area (Å²) in [6.07, 6.45) is 0. The van der Waals surface area contributed by atoms with Gasteiger partial charge in [0.1, 0.15) is 5.56 Å². The second-order valence-corrected chi connectivity index (χ2v) is 6.57. The second-order valence-electron chi connectivity index (χ2n) is 6.57. The van der Waals surface area contributed by atoms with Crippen LogP contribution in [0.25, 0.3) is 0 Å². The molecule has 1 amide bonds. The molecule has 15 nitrogen and oxygen atoms in total. The van der Waals surface area contributed by atoms with E-state index in [4.69, 9.17) is 4.84 Å². The van der Waals surface area contributed by atoms with Crippen molar-refractivity contribution in [2.75, 3.05) is 5.48 Å². The number of azo groups is 1. The van der Waals surface area contributed by atoms with Crippen LogP contribution in [0, 0.1) is 30.3 Å². The van der Waals surface area contributed by atoms with Crippen molar-refractivity contribution in [3.8, 4) is 0 Å². The maximum atomic E-state index is 12.2. The fraction of sp³-hybridized carbons (Fsp3) is 0. The quantitative estimate of drug-likeness (QED) is 0.270. The summed E-state index contributed by atoms with van der Waals surface area (Å²) in [5.41, 5.74) is 0.675. The van der Waals surface area contributed by atoms with E-state index in [0.29, 0.717) is 11.8 Å². The molecule has 0 spiro atoms. The normalized spacial score (nSPS) is 10.5. The minimum Gasteiger partial charge on any atom is -0.338 e. The van der Waals surface area contributed by atoms with Crippen molar-refractivity contribution in [3.63, 3.8) is 0 Å². The van der Waals surface area contributed by atoms with Crippen molar-refractivity contribution >= 4 is 40.3 Å². The number of non-ortho nitro benzene ring substituents is 2. The number of nitro groups is 3. The van der Waals surface area contributed by atoms with Gasteiger partial charge in [0.2, 0.25) is 0 Å². The first kappa shape index (κ1) is 24.1. The predicted molar refractivity (Wildman–Crippen MR) is 117 cm³/mol. The third-order valence-electron chi connectivity index (χ3n) is 4.30. The van der Waals surface area contributed by atoms with E-state index in [2.05, 4.69) is 15.7 Å². The summed E-state index contributed by atoms with van der Waals surface area (Å²) in [6.45, 7) is 0. The molecular formula is C20H12N6O9. The number of benzene rings is 3. The van der Waals surface area contributed by atoms with Crippen molar-refractivity contribution in [2.24, 2.45) is 10.2 Å². The molecule has 0 heterocycles. The Morgan fingerprint density at radius 3 is 2.09 bits per heavy atom. The van der Waals surface area contributed by atoms with Crippen molar-refractivity contribution in [2.45, 2.75) is 0 Å². The van der Waals surface area contributed by atoms with Gasteiger partial charge in [-0.05, 0) is 36.4 Å². The zero-order valence-corrected chi connectivity index (χ0v) is 17.3. The number of hydrogen-bond acceptors (Lipinski definition) is 11. The van der Waals surface area contributed by atoms with Gasteiger partial charge in [0.05, 0.1) is 37.8 Å². The Hall–Kier alpha value is -5.60. The number of rotatable bonds is 8. The molecule has 0 aromatic heterocycles. The summed E-state index contributed by atoms with van der Waals surface area (Å²) in [7, 11) is 0. The molecule has 0 aliphatic rings. The Kier molecular flexibility index (Phi) is 7.11. The summed E-state index contributed by atoms with van der Waals surface area (Å²) in [6, 6.07) is 13.0. The van der Waals surface area contributed by atoms with Gasteiger partial charge in [0.15, 0.2) is 0 Å². The SMILES string of the molecule is O=C(ONc1ccc(N=NC(=O)c2ccc([N+](=O)[O-])cc2[N+](=O)[O-])cc1)c1cccc([N+](=O)[O-])c1. The van der Waals surface area contributed by atoms with E-state index in [1.165, 1.54) is 42.5 Å². The van der Waals surface area contributed by atoms with Crippen molar-refractivity contribution in [3.05, 3.63) is 108 Å². The van der Waals surface area contributed by atoms with E-state index in [9.17, 15) is 39.9 Å². The summed E-state index contributed by atoms with van der Waals surface area (Å²) in [5.74, 6) is -1.95. The number of amides is 1. The Morgan fingerprint density at radius 1 is 0.800 bits per heavy atom. The molecule has 0 unspecified atom stereocenters. The Balaban J connectivity index is 1.65. The highest BCUT2D eigenvalue weighted by Gasteiger charge is 2.24. The molecule has 0 aliphatic carbocycles. The van der Waals surface area contributed by atoms with Crippen LogP contribution < -0.4 is 5.48 Å². The van der Waals surface area contributed by atoms with E-state index in [-0.39, 0.29) is 16.9 Å². The monoisotopic (exact) mass is 480 g/mol. The van der Waals surface area contributed by atoms with Crippen LogP contribution in [-0.4, -0.2) is 26.6 Å². The molecule has 176 valence electrons. The molecular weight excluding hydrogens is 468 g/mol. The molecule has 15 heteroatoms. The van der Waals surface area contributed by atoms with Gasteiger partial charge in [-0.15, -0.1) is 10.2 Å². The van der Waals surface area contributed by atoms with Crippen LogP contribution in [-0.2, 0) is 4.84 Å². The van der Waals surface area contributed by atoms with Gasteiger partial charge < -0.3 is 4.84 Å². The fourth-order valence-corrected chi connectivity index (χ4v) is 2.63. The molecule has 35 heavy (non-hydrogen) atoms. The maximum absolute atomic E-state index is 12.2. The molecule has 0 fully saturated rings. The summed E-state index contributed by atoms with van der Waals surface area (Å²) in [4.78, 5) is 59.4. The lowest BCUT2D eigenvalue weighted by atomic mass is 10.1. The lowest BCUT2D eigenvalue weighted by Crippen LogP contribution is -2.10. The summed E-state index contributed by atoms with van der Waals surface area (Å²) in [5, 5.41) is 39.8. The lowest BCUT2D eigenvalue weighted by molar-refractivity contribution is -0.394. The molecule has 0 atom stereocenters. The largest absolute Gasteiger partial charge is 0.363 e. The highest BCUT2D eigenvalue weighted by molar-refractivity contribution is 5.99. The first-order valence-electron chi connectivity index (χ1n) is 9.36. The molecule has 0 saturated heterocycles. The second kappa shape index (κ2) is 10.3. The Morgan fingerprint density at radius 2 is 1.46 bits per heavy atom. The molecule has 3 rings (SSSR count). The number of nitro benzene ring substituents is 3. The molecule has 0 bridgehead atoms. The molecule has 3 aromatic carbocycles. The lowest BCUT2D eigenvalue weighted by Gasteiger charge is -2.06. The number of hydrogen-bond donors (Lipinski definition) is 1. The average molecular weight is 480 g/mol. The fourth-order valence-electron chi connectivity index (χ4n) is 2.63. The van der Waals surface area contributed by atoms with Gasteiger partial charge in [-0.3, -0.25) is 35.1 Å². The van der Waals surface area contributed by atoms with Crippen LogP contribution in [0.3, 0.4) is 0 Å². The molecule has 0 saturated carbocycles. The molecule has 0 radical (unpaired) electrons. The van der Waals surface area contributed by atoms with Gasteiger partial charge in [-0.2, -0.15) is 0 Å².